The van der Waals surface area contributed by atoms with Gasteiger partial charge in [0.05, 0.1) is 6.61 Å². The molecule has 2 nitrogen and oxygen atoms in total. The summed E-state index contributed by atoms with van der Waals surface area (Å²) in [7, 11) is 0. The second-order valence-corrected chi connectivity index (χ2v) is 4.60. The van der Waals surface area contributed by atoms with Gasteiger partial charge in [-0.05, 0) is 43.5 Å². The predicted molar refractivity (Wildman–Crippen MR) is 60.7 cm³/mol. The number of aliphatic hydroxyl groups excluding tert-OH is 1. The number of nitrogens with zero attached hydrogens (tertiary/aromatic N) is 1. The Balaban J connectivity index is 2.36. The molecular weight excluding hydrogens is 186 g/mol. The first-order valence-electron chi connectivity index (χ1n) is 5.51. The highest BCUT2D eigenvalue weighted by Crippen LogP contribution is 2.34. The third kappa shape index (κ3) is 1.80. The SMILES string of the molecule is CC1(C)c2c[c]ccc2CCN1CCO. The molecule has 0 saturated carbocycles. The third-order valence-electron chi connectivity index (χ3n) is 3.43. The van der Waals surface area contributed by atoms with Gasteiger partial charge in [0.25, 0.3) is 0 Å². The molecule has 0 fully saturated rings. The quantitative estimate of drug-likeness (QED) is 0.790. The first kappa shape index (κ1) is 10.7. The van der Waals surface area contributed by atoms with Gasteiger partial charge in [-0.15, -0.1) is 0 Å². The highest BCUT2D eigenvalue weighted by atomic mass is 16.3. The van der Waals surface area contributed by atoms with Crippen molar-refractivity contribution in [1.82, 2.24) is 4.90 Å². The molecule has 1 N–H and O–H groups in total. The zero-order valence-electron chi connectivity index (χ0n) is 9.45. The predicted octanol–water partition coefficient (Wildman–Crippen LogP) is 1.57. The Bertz CT molecular complexity index is 346. The van der Waals surface area contributed by atoms with E-state index in [-0.39, 0.29) is 12.1 Å². The van der Waals surface area contributed by atoms with Crippen molar-refractivity contribution in [3.63, 3.8) is 0 Å². The molecule has 1 aliphatic rings. The molecule has 1 heterocycles. The minimum absolute atomic E-state index is 0.0219. The molecule has 0 aliphatic carbocycles. The van der Waals surface area contributed by atoms with Crippen molar-refractivity contribution in [3.05, 3.63) is 35.4 Å². The second-order valence-electron chi connectivity index (χ2n) is 4.60. The van der Waals surface area contributed by atoms with Crippen LogP contribution in [0.4, 0.5) is 0 Å². The number of β-amino-alcohol motifs (C(OH)–C–C–N with tert-alkyl or cyclic N) is 1. The summed E-state index contributed by atoms with van der Waals surface area (Å²) >= 11 is 0. The fourth-order valence-corrected chi connectivity index (χ4v) is 2.47. The van der Waals surface area contributed by atoms with Crippen LogP contribution < -0.4 is 0 Å². The lowest BCUT2D eigenvalue weighted by Gasteiger charge is -2.43. The Labute approximate surface area is 91.5 Å². The van der Waals surface area contributed by atoms with Crippen LogP contribution in [0.2, 0.25) is 0 Å². The Morgan fingerprint density at radius 1 is 1.53 bits per heavy atom. The van der Waals surface area contributed by atoms with Crippen molar-refractivity contribution in [3.8, 4) is 0 Å². The molecule has 2 rings (SSSR count). The Hall–Kier alpha value is -0.860. The number of benzene rings is 1. The third-order valence-corrected chi connectivity index (χ3v) is 3.43. The first-order chi connectivity index (χ1) is 7.16. The van der Waals surface area contributed by atoms with Crippen LogP contribution in [0.3, 0.4) is 0 Å². The van der Waals surface area contributed by atoms with Crippen LogP contribution in [0.25, 0.3) is 0 Å². The largest absolute Gasteiger partial charge is 0.395 e. The van der Waals surface area contributed by atoms with Crippen LogP contribution in [-0.2, 0) is 12.0 Å². The van der Waals surface area contributed by atoms with Crippen molar-refractivity contribution in [2.45, 2.75) is 25.8 Å². The molecule has 1 radical (unpaired) electrons. The lowest BCUT2D eigenvalue weighted by Crippen LogP contribution is -2.47. The van der Waals surface area contributed by atoms with E-state index in [2.05, 4.69) is 36.9 Å². The van der Waals surface area contributed by atoms with Gasteiger partial charge >= 0.3 is 0 Å². The van der Waals surface area contributed by atoms with E-state index in [1.165, 1.54) is 11.1 Å². The maximum atomic E-state index is 9.05. The van der Waals surface area contributed by atoms with Crippen LogP contribution in [-0.4, -0.2) is 29.7 Å². The number of hydrogen-bond donors (Lipinski definition) is 1. The van der Waals surface area contributed by atoms with Gasteiger partial charge in [-0.2, -0.15) is 0 Å². The van der Waals surface area contributed by atoms with E-state index in [4.69, 9.17) is 5.11 Å². The van der Waals surface area contributed by atoms with E-state index in [9.17, 15) is 0 Å². The Morgan fingerprint density at radius 3 is 3.07 bits per heavy atom. The zero-order chi connectivity index (χ0) is 10.9. The summed E-state index contributed by atoms with van der Waals surface area (Å²) < 4.78 is 0. The average molecular weight is 204 g/mol. The van der Waals surface area contributed by atoms with Gasteiger partial charge in [0.1, 0.15) is 0 Å². The highest BCUT2D eigenvalue weighted by Gasteiger charge is 2.33. The fraction of sp³-hybridized carbons (Fsp3) is 0.538. The maximum absolute atomic E-state index is 9.05. The number of hydrogen-bond acceptors (Lipinski definition) is 2. The van der Waals surface area contributed by atoms with Gasteiger partial charge in [-0.3, -0.25) is 4.90 Å². The van der Waals surface area contributed by atoms with E-state index >= 15 is 0 Å². The van der Waals surface area contributed by atoms with Gasteiger partial charge in [0, 0.05) is 18.6 Å². The summed E-state index contributed by atoms with van der Waals surface area (Å²) in [6.07, 6.45) is 1.08. The zero-order valence-corrected chi connectivity index (χ0v) is 9.45. The molecule has 0 spiro atoms. The molecule has 0 aromatic heterocycles. The summed E-state index contributed by atoms with van der Waals surface area (Å²) in [5, 5.41) is 9.05. The molecule has 1 aromatic rings. The maximum Gasteiger partial charge on any atom is 0.0558 e. The molecular formula is C13H18NO. The van der Waals surface area contributed by atoms with E-state index in [0.717, 1.165) is 19.5 Å². The van der Waals surface area contributed by atoms with Crippen LogP contribution in [0.5, 0.6) is 0 Å². The first-order valence-corrected chi connectivity index (χ1v) is 5.51. The van der Waals surface area contributed by atoms with Gasteiger partial charge in [-0.1, -0.05) is 12.1 Å². The fourth-order valence-electron chi connectivity index (χ4n) is 2.47. The second kappa shape index (κ2) is 3.95. The summed E-state index contributed by atoms with van der Waals surface area (Å²) in [6.45, 7) is 6.45. The Morgan fingerprint density at radius 2 is 2.33 bits per heavy atom. The number of rotatable bonds is 2. The van der Waals surface area contributed by atoms with Gasteiger partial charge in [0.2, 0.25) is 0 Å². The average Bonchev–Trinajstić information content (AvgIpc) is 2.23. The molecule has 1 aromatic carbocycles. The molecule has 0 atom stereocenters. The molecule has 0 unspecified atom stereocenters. The van der Waals surface area contributed by atoms with Gasteiger partial charge in [0.15, 0.2) is 0 Å². The summed E-state index contributed by atoms with van der Waals surface area (Å²) in [5.74, 6) is 0. The van der Waals surface area contributed by atoms with Crippen LogP contribution in [0, 0.1) is 6.07 Å². The summed E-state index contributed by atoms with van der Waals surface area (Å²) in [5.41, 5.74) is 2.80. The molecule has 0 amide bonds. The number of aliphatic hydroxyl groups is 1. The minimum Gasteiger partial charge on any atom is -0.395 e. The normalized spacial score (nSPS) is 19.9. The molecule has 2 heteroatoms. The lowest BCUT2D eigenvalue weighted by molar-refractivity contribution is 0.0823. The summed E-state index contributed by atoms with van der Waals surface area (Å²) in [6, 6.07) is 9.37. The minimum atomic E-state index is 0.0219. The molecule has 0 bridgehead atoms. The van der Waals surface area contributed by atoms with Crippen molar-refractivity contribution in [1.29, 1.82) is 0 Å². The standard InChI is InChI=1S/C13H18NO/c1-13(2)12-6-4-3-5-11(12)7-8-14(13)9-10-15/h3,5-6,15H,7-10H2,1-2H3. The summed E-state index contributed by atoms with van der Waals surface area (Å²) in [4.78, 5) is 2.34. The van der Waals surface area contributed by atoms with Gasteiger partial charge < -0.3 is 5.11 Å². The van der Waals surface area contributed by atoms with Crippen molar-refractivity contribution in [2.24, 2.45) is 0 Å². The molecule has 15 heavy (non-hydrogen) atoms. The van der Waals surface area contributed by atoms with Crippen LogP contribution >= 0.6 is 0 Å². The van der Waals surface area contributed by atoms with E-state index in [0.29, 0.717) is 0 Å². The van der Waals surface area contributed by atoms with E-state index in [1.54, 1.807) is 0 Å². The molecule has 1 aliphatic heterocycles. The highest BCUT2D eigenvalue weighted by molar-refractivity contribution is 5.34. The molecule has 0 saturated heterocycles. The van der Waals surface area contributed by atoms with E-state index < -0.39 is 0 Å². The van der Waals surface area contributed by atoms with E-state index in [1.807, 2.05) is 6.07 Å². The van der Waals surface area contributed by atoms with Crippen molar-refractivity contribution >= 4 is 0 Å². The number of fused-ring (bicyclic) bond motifs is 1. The Kier molecular flexibility index (Phi) is 2.81. The monoisotopic (exact) mass is 204 g/mol. The topological polar surface area (TPSA) is 23.5 Å². The smallest absolute Gasteiger partial charge is 0.0558 e. The van der Waals surface area contributed by atoms with Crippen molar-refractivity contribution < 1.29 is 5.11 Å². The van der Waals surface area contributed by atoms with Gasteiger partial charge in [-0.25, -0.2) is 0 Å². The van der Waals surface area contributed by atoms with Crippen LogP contribution in [0.1, 0.15) is 25.0 Å². The lowest BCUT2D eigenvalue weighted by atomic mass is 9.83. The van der Waals surface area contributed by atoms with Crippen LogP contribution in [0.15, 0.2) is 18.2 Å². The molecule has 81 valence electrons. The van der Waals surface area contributed by atoms with Crippen molar-refractivity contribution in [2.75, 3.05) is 19.7 Å².